The second-order valence-corrected chi connectivity index (χ2v) is 5.79. The van der Waals surface area contributed by atoms with Crippen LogP contribution >= 0.6 is 0 Å². The van der Waals surface area contributed by atoms with Gasteiger partial charge in [0.05, 0.1) is 11.5 Å². The van der Waals surface area contributed by atoms with Crippen LogP contribution in [-0.2, 0) is 14.3 Å². The van der Waals surface area contributed by atoms with E-state index in [2.05, 4.69) is 0 Å². The van der Waals surface area contributed by atoms with Crippen molar-refractivity contribution >= 4 is 11.9 Å². The Bertz CT molecular complexity index is 374. The van der Waals surface area contributed by atoms with Crippen molar-refractivity contribution in [3.8, 4) is 0 Å². The minimum absolute atomic E-state index is 0.0374. The lowest BCUT2D eigenvalue weighted by Gasteiger charge is -2.38. The highest BCUT2D eigenvalue weighted by molar-refractivity contribution is 5.83. The topological polar surface area (TPSA) is 92.9 Å². The van der Waals surface area contributed by atoms with Crippen LogP contribution in [0.4, 0.5) is 0 Å². The van der Waals surface area contributed by atoms with E-state index in [9.17, 15) is 14.7 Å². The Morgan fingerprint density at radius 1 is 1.47 bits per heavy atom. The van der Waals surface area contributed by atoms with Crippen LogP contribution in [0.1, 0.15) is 32.6 Å². The molecule has 0 spiro atoms. The van der Waals surface area contributed by atoms with Crippen molar-refractivity contribution in [2.45, 2.75) is 44.8 Å². The number of ether oxygens (including phenoxy) is 1. The first-order valence-corrected chi connectivity index (χ1v) is 6.84. The molecule has 0 radical (unpaired) electrons. The van der Waals surface area contributed by atoms with Crippen LogP contribution in [0.25, 0.3) is 0 Å². The first-order valence-electron chi connectivity index (χ1n) is 6.84. The van der Waals surface area contributed by atoms with Crippen LogP contribution in [0.3, 0.4) is 0 Å². The lowest BCUT2D eigenvalue weighted by Crippen LogP contribution is -2.51. The third-order valence-corrected chi connectivity index (χ3v) is 4.17. The molecule has 2 heterocycles. The number of carboxylic acids is 1. The molecule has 0 saturated carbocycles. The number of rotatable bonds is 3. The molecule has 3 atom stereocenters. The Morgan fingerprint density at radius 2 is 2.21 bits per heavy atom. The fraction of sp³-hybridized carbons (Fsp3) is 0.846. The van der Waals surface area contributed by atoms with Gasteiger partial charge in [-0.05, 0) is 32.6 Å². The van der Waals surface area contributed by atoms with E-state index in [4.69, 9.17) is 10.5 Å². The molecule has 3 N–H and O–H groups in total. The largest absolute Gasteiger partial charge is 0.481 e. The van der Waals surface area contributed by atoms with Crippen molar-refractivity contribution in [2.24, 2.45) is 11.1 Å². The molecular formula is C13H22N2O4. The number of aliphatic carboxylic acids is 1. The van der Waals surface area contributed by atoms with E-state index in [0.717, 1.165) is 12.8 Å². The van der Waals surface area contributed by atoms with Crippen molar-refractivity contribution in [1.29, 1.82) is 0 Å². The smallest absolute Gasteiger partial charge is 0.311 e. The fourth-order valence-corrected chi connectivity index (χ4v) is 2.87. The van der Waals surface area contributed by atoms with Crippen molar-refractivity contribution in [2.75, 3.05) is 19.6 Å². The molecule has 2 rings (SSSR count). The van der Waals surface area contributed by atoms with Gasteiger partial charge in [0.25, 0.3) is 5.91 Å². The van der Waals surface area contributed by atoms with Gasteiger partial charge in [-0.25, -0.2) is 0 Å². The van der Waals surface area contributed by atoms with E-state index < -0.39 is 17.5 Å². The number of hydrogen-bond donors (Lipinski definition) is 2. The zero-order valence-corrected chi connectivity index (χ0v) is 11.3. The summed E-state index contributed by atoms with van der Waals surface area (Å²) in [6.07, 6.45) is 2.34. The Morgan fingerprint density at radius 3 is 2.79 bits per heavy atom. The number of nitrogens with two attached hydrogens (primary N) is 1. The van der Waals surface area contributed by atoms with Gasteiger partial charge in [0.1, 0.15) is 6.10 Å². The first kappa shape index (κ1) is 14.3. The maximum atomic E-state index is 12.3. The summed E-state index contributed by atoms with van der Waals surface area (Å²) in [5.74, 6) is -0.916. The lowest BCUT2D eigenvalue weighted by atomic mass is 9.82. The Kier molecular flexibility index (Phi) is 4.10. The van der Waals surface area contributed by atoms with Gasteiger partial charge in [0.15, 0.2) is 0 Å². The van der Waals surface area contributed by atoms with E-state index in [1.807, 2.05) is 0 Å². The predicted molar refractivity (Wildman–Crippen MR) is 68.5 cm³/mol. The summed E-state index contributed by atoms with van der Waals surface area (Å²) in [6, 6.07) is 0. The maximum Gasteiger partial charge on any atom is 0.311 e. The van der Waals surface area contributed by atoms with Crippen molar-refractivity contribution in [1.82, 2.24) is 4.90 Å². The highest BCUT2D eigenvalue weighted by Crippen LogP contribution is 2.31. The fourth-order valence-electron chi connectivity index (χ4n) is 2.87. The third-order valence-electron chi connectivity index (χ3n) is 4.17. The number of piperidine rings is 1. The number of nitrogens with zero attached hydrogens (tertiary/aromatic N) is 1. The number of carbonyl (C=O) groups is 2. The number of amides is 1. The summed E-state index contributed by atoms with van der Waals surface area (Å²) in [5.41, 5.74) is 4.70. The molecule has 2 fully saturated rings. The molecule has 108 valence electrons. The van der Waals surface area contributed by atoms with Gasteiger partial charge in [-0.15, -0.1) is 0 Å². The standard InChI is InChI=1S/C13H22N2O4/c1-13(12(17)18)5-2-6-15(8-13)11(16)10-4-3-9(7-14)19-10/h9-10H,2-8,14H2,1H3,(H,17,18). The second kappa shape index (κ2) is 5.46. The molecule has 1 amide bonds. The highest BCUT2D eigenvalue weighted by Gasteiger charge is 2.42. The molecule has 0 aromatic rings. The van der Waals surface area contributed by atoms with Gasteiger partial charge in [0.2, 0.25) is 0 Å². The van der Waals surface area contributed by atoms with Crippen LogP contribution in [-0.4, -0.2) is 53.7 Å². The summed E-state index contributed by atoms with van der Waals surface area (Å²) in [7, 11) is 0. The zero-order valence-electron chi connectivity index (χ0n) is 11.3. The average Bonchev–Trinajstić information content (AvgIpc) is 2.86. The van der Waals surface area contributed by atoms with E-state index in [0.29, 0.717) is 25.9 Å². The minimum Gasteiger partial charge on any atom is -0.481 e. The van der Waals surface area contributed by atoms with Crippen LogP contribution < -0.4 is 5.73 Å². The third kappa shape index (κ3) is 2.90. The molecule has 6 heteroatoms. The number of hydrogen-bond acceptors (Lipinski definition) is 4. The van der Waals surface area contributed by atoms with Gasteiger partial charge in [-0.2, -0.15) is 0 Å². The summed E-state index contributed by atoms with van der Waals surface area (Å²) in [6.45, 7) is 3.02. The molecule has 3 unspecified atom stereocenters. The summed E-state index contributed by atoms with van der Waals surface area (Å²) >= 11 is 0. The summed E-state index contributed by atoms with van der Waals surface area (Å²) in [4.78, 5) is 25.3. The maximum absolute atomic E-state index is 12.3. The van der Waals surface area contributed by atoms with Crippen molar-refractivity contribution < 1.29 is 19.4 Å². The molecule has 0 bridgehead atoms. The highest BCUT2D eigenvalue weighted by atomic mass is 16.5. The van der Waals surface area contributed by atoms with Crippen LogP contribution in [0.5, 0.6) is 0 Å². The molecule has 6 nitrogen and oxygen atoms in total. The molecule has 19 heavy (non-hydrogen) atoms. The van der Waals surface area contributed by atoms with Crippen molar-refractivity contribution in [3.63, 3.8) is 0 Å². The van der Waals surface area contributed by atoms with Gasteiger partial charge in [0, 0.05) is 19.6 Å². The second-order valence-electron chi connectivity index (χ2n) is 5.79. The van der Waals surface area contributed by atoms with Gasteiger partial charge in [-0.1, -0.05) is 0 Å². The Balaban J connectivity index is 1.98. The number of carboxylic acid groups (broad SMARTS) is 1. The first-order chi connectivity index (χ1) is 8.96. The Hall–Kier alpha value is -1.14. The van der Waals surface area contributed by atoms with Gasteiger partial charge in [-0.3, -0.25) is 9.59 Å². The SMILES string of the molecule is CC1(C(=O)O)CCCN(C(=O)C2CCC(CN)O2)C1. The molecule has 0 aromatic heterocycles. The van der Waals surface area contributed by atoms with E-state index in [1.165, 1.54) is 0 Å². The van der Waals surface area contributed by atoms with E-state index >= 15 is 0 Å². The van der Waals surface area contributed by atoms with Gasteiger partial charge >= 0.3 is 5.97 Å². The molecule has 2 saturated heterocycles. The average molecular weight is 270 g/mol. The number of likely N-dealkylation sites (tertiary alicyclic amines) is 1. The lowest BCUT2D eigenvalue weighted by molar-refractivity contribution is -0.156. The Labute approximate surface area is 112 Å². The molecular weight excluding hydrogens is 248 g/mol. The van der Waals surface area contributed by atoms with Gasteiger partial charge < -0.3 is 20.5 Å². The number of carbonyl (C=O) groups excluding carboxylic acids is 1. The van der Waals surface area contributed by atoms with Crippen LogP contribution in [0.15, 0.2) is 0 Å². The van der Waals surface area contributed by atoms with E-state index in [1.54, 1.807) is 11.8 Å². The predicted octanol–water partition coefficient (Wildman–Crippen LogP) is 0.206. The van der Waals surface area contributed by atoms with Crippen LogP contribution in [0, 0.1) is 5.41 Å². The summed E-state index contributed by atoms with van der Waals surface area (Å²) in [5, 5.41) is 9.26. The van der Waals surface area contributed by atoms with E-state index in [-0.39, 0.29) is 18.6 Å². The molecule has 2 aliphatic rings. The quantitative estimate of drug-likeness (QED) is 0.764. The van der Waals surface area contributed by atoms with Crippen LogP contribution in [0.2, 0.25) is 0 Å². The normalized spacial score (nSPS) is 35.4. The monoisotopic (exact) mass is 270 g/mol. The zero-order chi connectivity index (χ0) is 14.0. The molecule has 2 aliphatic heterocycles. The molecule has 0 aromatic carbocycles. The summed E-state index contributed by atoms with van der Waals surface area (Å²) < 4.78 is 5.59. The van der Waals surface area contributed by atoms with Crippen molar-refractivity contribution in [3.05, 3.63) is 0 Å². The minimum atomic E-state index is -0.836. The molecule has 0 aliphatic carbocycles.